The number of anilines is 1. The molecule has 0 radical (unpaired) electrons. The zero-order chi connectivity index (χ0) is 24.6. The first kappa shape index (κ1) is 24.8. The van der Waals surface area contributed by atoms with E-state index in [2.05, 4.69) is 25.6 Å². The molecular weight excluding hydrogens is 470 g/mol. The van der Waals surface area contributed by atoms with E-state index in [1.165, 1.54) is 23.1 Å². The SMILES string of the molecule is CCCCn1nnnc1COC(=O)CNS(=O)(=O)c1ccc(NCc2ccco2)c([N+](=O)[O-])c1. The second-order valence-corrected chi connectivity index (χ2v) is 8.79. The molecule has 0 aliphatic heterocycles. The number of rotatable bonds is 13. The van der Waals surface area contributed by atoms with E-state index in [0.717, 1.165) is 18.9 Å². The fourth-order valence-electron chi connectivity index (χ4n) is 2.82. The van der Waals surface area contributed by atoms with Gasteiger partial charge in [-0.1, -0.05) is 13.3 Å². The number of nitro benzene ring substituents is 1. The van der Waals surface area contributed by atoms with Gasteiger partial charge in [-0.15, -0.1) is 5.10 Å². The fraction of sp³-hybridized carbons (Fsp3) is 0.368. The van der Waals surface area contributed by atoms with E-state index in [1.54, 1.807) is 12.1 Å². The van der Waals surface area contributed by atoms with Crippen LogP contribution in [0.1, 0.15) is 31.4 Å². The summed E-state index contributed by atoms with van der Waals surface area (Å²) in [4.78, 5) is 22.4. The van der Waals surface area contributed by atoms with Gasteiger partial charge in [-0.2, -0.15) is 4.72 Å². The van der Waals surface area contributed by atoms with Crippen LogP contribution in [0, 0.1) is 10.1 Å². The van der Waals surface area contributed by atoms with Gasteiger partial charge in [0.05, 0.1) is 22.6 Å². The maximum absolute atomic E-state index is 12.6. The molecule has 0 bridgehead atoms. The third-order valence-corrected chi connectivity index (χ3v) is 6.01. The molecule has 34 heavy (non-hydrogen) atoms. The predicted octanol–water partition coefficient (Wildman–Crippen LogP) is 1.61. The minimum atomic E-state index is -4.23. The highest BCUT2D eigenvalue weighted by Gasteiger charge is 2.22. The molecule has 0 saturated heterocycles. The molecule has 2 N–H and O–H groups in total. The Morgan fingerprint density at radius 2 is 2.15 bits per heavy atom. The maximum Gasteiger partial charge on any atom is 0.321 e. The number of aromatic nitrogens is 4. The molecule has 15 heteroatoms. The third kappa shape index (κ3) is 6.58. The summed E-state index contributed by atoms with van der Waals surface area (Å²) in [6.07, 6.45) is 3.24. The van der Waals surface area contributed by atoms with Crippen LogP contribution >= 0.6 is 0 Å². The molecular formula is C19H23N7O7S. The van der Waals surface area contributed by atoms with Crippen molar-refractivity contribution in [3.05, 3.63) is 58.3 Å². The molecule has 2 heterocycles. The first-order valence-corrected chi connectivity index (χ1v) is 11.7. The van der Waals surface area contributed by atoms with Crippen LogP contribution < -0.4 is 10.0 Å². The summed E-state index contributed by atoms with van der Waals surface area (Å²) >= 11 is 0. The van der Waals surface area contributed by atoms with Crippen LogP contribution in [-0.4, -0.2) is 46.1 Å². The maximum atomic E-state index is 12.6. The van der Waals surface area contributed by atoms with Gasteiger partial charge in [-0.05, 0) is 41.1 Å². The summed E-state index contributed by atoms with van der Waals surface area (Å²) in [6.45, 7) is 1.85. The van der Waals surface area contributed by atoms with Crippen molar-refractivity contribution in [2.24, 2.45) is 0 Å². The third-order valence-electron chi connectivity index (χ3n) is 4.61. The lowest BCUT2D eigenvalue weighted by Crippen LogP contribution is -2.31. The lowest BCUT2D eigenvalue weighted by atomic mass is 10.2. The second kappa shape index (κ2) is 11.3. The number of hydrogen-bond donors (Lipinski definition) is 2. The molecule has 182 valence electrons. The number of hydrogen-bond acceptors (Lipinski definition) is 11. The standard InChI is InChI=1S/C19H23N7O7S/c1-2-3-8-25-18(22-23-24-25)13-33-19(27)12-21-34(30,31)15-6-7-16(17(10-15)26(28)29)20-11-14-5-4-9-32-14/h4-7,9-10,20-21H,2-3,8,11-13H2,1H3. The molecule has 0 fully saturated rings. The van der Waals surface area contributed by atoms with Crippen LogP contribution in [0.2, 0.25) is 0 Å². The highest BCUT2D eigenvalue weighted by molar-refractivity contribution is 7.89. The van der Waals surface area contributed by atoms with Gasteiger partial charge in [0.15, 0.2) is 12.4 Å². The van der Waals surface area contributed by atoms with Gasteiger partial charge in [-0.25, -0.2) is 13.1 Å². The van der Waals surface area contributed by atoms with Crippen molar-refractivity contribution in [3.8, 4) is 0 Å². The molecule has 0 saturated carbocycles. The highest BCUT2D eigenvalue weighted by atomic mass is 32.2. The van der Waals surface area contributed by atoms with Crippen molar-refractivity contribution in [2.75, 3.05) is 11.9 Å². The van der Waals surface area contributed by atoms with E-state index < -0.39 is 33.1 Å². The van der Waals surface area contributed by atoms with Crippen LogP contribution in [0.3, 0.4) is 0 Å². The number of nitrogens with zero attached hydrogens (tertiary/aromatic N) is 5. The molecule has 14 nitrogen and oxygen atoms in total. The zero-order valence-corrected chi connectivity index (χ0v) is 19.0. The lowest BCUT2D eigenvalue weighted by Gasteiger charge is -2.10. The van der Waals surface area contributed by atoms with Gasteiger partial charge in [0.25, 0.3) is 5.69 Å². The van der Waals surface area contributed by atoms with Gasteiger partial charge in [0.2, 0.25) is 10.0 Å². The lowest BCUT2D eigenvalue weighted by molar-refractivity contribution is -0.384. The Labute approximate surface area is 194 Å². The smallest absolute Gasteiger partial charge is 0.321 e. The van der Waals surface area contributed by atoms with Crippen molar-refractivity contribution in [1.82, 2.24) is 24.9 Å². The van der Waals surface area contributed by atoms with E-state index in [-0.39, 0.29) is 23.7 Å². The average molecular weight is 494 g/mol. The minimum Gasteiger partial charge on any atom is -0.467 e. The Morgan fingerprint density at radius 1 is 1.32 bits per heavy atom. The Hall–Kier alpha value is -3.85. The number of benzene rings is 1. The molecule has 0 aliphatic rings. The second-order valence-electron chi connectivity index (χ2n) is 7.03. The molecule has 1 aromatic carbocycles. The van der Waals surface area contributed by atoms with Gasteiger partial charge in [0.1, 0.15) is 18.0 Å². The predicted molar refractivity (Wildman–Crippen MR) is 117 cm³/mol. The minimum absolute atomic E-state index is 0.112. The van der Waals surface area contributed by atoms with Gasteiger partial charge in [0, 0.05) is 12.6 Å². The Balaban J connectivity index is 1.59. The number of nitrogens with one attached hydrogen (secondary N) is 2. The van der Waals surface area contributed by atoms with E-state index in [4.69, 9.17) is 9.15 Å². The number of nitro groups is 1. The molecule has 0 aliphatic carbocycles. The molecule has 2 aromatic heterocycles. The molecule has 0 amide bonds. The van der Waals surface area contributed by atoms with Crippen LogP contribution in [0.15, 0.2) is 45.9 Å². The van der Waals surface area contributed by atoms with Crippen LogP contribution in [0.5, 0.6) is 0 Å². The zero-order valence-electron chi connectivity index (χ0n) is 18.2. The molecule has 0 spiro atoms. The van der Waals surface area contributed by atoms with E-state index in [1.807, 2.05) is 6.92 Å². The number of furan rings is 1. The number of sulfonamides is 1. The number of carbonyl (C=O) groups is 1. The average Bonchev–Trinajstić information content (AvgIpc) is 3.50. The number of tetrazole rings is 1. The summed E-state index contributed by atoms with van der Waals surface area (Å²) in [5, 5.41) is 25.4. The highest BCUT2D eigenvalue weighted by Crippen LogP contribution is 2.28. The van der Waals surface area contributed by atoms with Crippen molar-refractivity contribution in [1.29, 1.82) is 0 Å². The monoisotopic (exact) mass is 493 g/mol. The molecule has 3 rings (SSSR count). The Kier molecular flexibility index (Phi) is 8.26. The van der Waals surface area contributed by atoms with E-state index >= 15 is 0 Å². The Bertz CT molecular complexity index is 1230. The van der Waals surface area contributed by atoms with Crippen LogP contribution in [0.25, 0.3) is 0 Å². The summed E-state index contributed by atoms with van der Waals surface area (Å²) < 4.78 is 38.9. The summed E-state index contributed by atoms with van der Waals surface area (Å²) in [5.74, 6) is 0.0170. The van der Waals surface area contributed by atoms with Gasteiger partial charge >= 0.3 is 5.97 Å². The van der Waals surface area contributed by atoms with Crippen LogP contribution in [-0.2, 0) is 39.3 Å². The van der Waals surface area contributed by atoms with Gasteiger partial charge < -0.3 is 14.5 Å². The normalized spacial score (nSPS) is 11.3. The molecule has 0 atom stereocenters. The molecule has 0 unspecified atom stereocenters. The number of esters is 1. The number of ether oxygens (including phenoxy) is 1. The van der Waals surface area contributed by atoms with Gasteiger partial charge in [-0.3, -0.25) is 14.9 Å². The van der Waals surface area contributed by atoms with E-state index in [9.17, 15) is 23.3 Å². The van der Waals surface area contributed by atoms with Crippen LogP contribution in [0.4, 0.5) is 11.4 Å². The Morgan fingerprint density at radius 3 is 2.85 bits per heavy atom. The van der Waals surface area contributed by atoms with Crippen molar-refractivity contribution >= 4 is 27.4 Å². The number of aryl methyl sites for hydroxylation is 1. The first-order chi connectivity index (χ1) is 16.3. The number of carbonyl (C=O) groups excluding carboxylic acids is 1. The van der Waals surface area contributed by atoms with Crippen molar-refractivity contribution in [3.63, 3.8) is 0 Å². The largest absolute Gasteiger partial charge is 0.467 e. The topological polar surface area (TPSA) is 184 Å². The van der Waals surface area contributed by atoms with E-state index in [0.29, 0.717) is 18.1 Å². The molecule has 3 aromatic rings. The fourth-order valence-corrected chi connectivity index (χ4v) is 3.80. The van der Waals surface area contributed by atoms with Crippen molar-refractivity contribution < 1.29 is 27.3 Å². The first-order valence-electron chi connectivity index (χ1n) is 10.2. The summed E-state index contributed by atoms with van der Waals surface area (Å²) in [7, 11) is -4.23. The van der Waals surface area contributed by atoms with Crippen molar-refractivity contribution in [2.45, 2.75) is 44.4 Å². The number of unbranched alkanes of at least 4 members (excludes halogenated alkanes) is 1. The quantitative estimate of drug-likeness (QED) is 0.200. The summed E-state index contributed by atoms with van der Waals surface area (Å²) in [5.41, 5.74) is -0.337. The summed E-state index contributed by atoms with van der Waals surface area (Å²) in [6, 6.07) is 6.72.